The topological polar surface area (TPSA) is 28.3 Å². The van der Waals surface area contributed by atoms with E-state index in [0.717, 1.165) is 35.3 Å². The smallest absolute Gasteiger partial charge is 0.123 e. The summed E-state index contributed by atoms with van der Waals surface area (Å²) in [5.74, 6) is 0.624. The van der Waals surface area contributed by atoms with Crippen LogP contribution < -0.4 is 4.74 Å². The summed E-state index contributed by atoms with van der Waals surface area (Å²) in [5.41, 5.74) is 3.34. The van der Waals surface area contributed by atoms with E-state index in [9.17, 15) is 4.39 Å². The van der Waals surface area contributed by atoms with Crippen molar-refractivity contribution in [3.05, 3.63) is 65.6 Å². The van der Waals surface area contributed by atoms with Crippen LogP contribution >= 0.6 is 0 Å². The first kappa shape index (κ1) is 16.5. The maximum absolute atomic E-state index is 13.4. The van der Waals surface area contributed by atoms with Gasteiger partial charge in [0, 0.05) is 17.1 Å². The van der Waals surface area contributed by atoms with Crippen molar-refractivity contribution in [1.82, 2.24) is 9.88 Å². The van der Waals surface area contributed by atoms with E-state index in [1.807, 2.05) is 24.3 Å². The summed E-state index contributed by atoms with van der Waals surface area (Å²) < 4.78 is 18.8. The standard InChI is InChI=1S/C20H23FN2O/c1-4-23(5-2)20(14-6-8-15(21)9-7-14)18-13-22-19-11-10-16(24-3)12-17(18)19/h6-13,20,22H,4-5H2,1-3H3. The molecule has 0 saturated carbocycles. The summed E-state index contributed by atoms with van der Waals surface area (Å²) in [6.45, 7) is 6.12. The molecule has 1 N–H and O–H groups in total. The molecule has 0 spiro atoms. The average Bonchev–Trinajstić information content (AvgIpc) is 3.03. The molecule has 1 unspecified atom stereocenters. The number of halogens is 1. The number of rotatable bonds is 6. The second-order valence-electron chi connectivity index (χ2n) is 5.83. The van der Waals surface area contributed by atoms with Crippen LogP contribution in [0.2, 0.25) is 0 Å². The Morgan fingerprint density at radius 3 is 2.42 bits per heavy atom. The molecule has 4 heteroatoms. The van der Waals surface area contributed by atoms with Crippen LogP contribution in [0.4, 0.5) is 4.39 Å². The number of nitrogens with zero attached hydrogens (tertiary/aromatic N) is 1. The lowest BCUT2D eigenvalue weighted by Crippen LogP contribution is -2.29. The maximum atomic E-state index is 13.4. The number of ether oxygens (including phenoxy) is 1. The van der Waals surface area contributed by atoms with Crippen molar-refractivity contribution in [3.63, 3.8) is 0 Å². The van der Waals surface area contributed by atoms with Gasteiger partial charge >= 0.3 is 0 Å². The molecule has 2 aromatic carbocycles. The van der Waals surface area contributed by atoms with Crippen molar-refractivity contribution in [2.45, 2.75) is 19.9 Å². The number of methoxy groups -OCH3 is 1. The molecule has 1 aromatic heterocycles. The van der Waals surface area contributed by atoms with Gasteiger partial charge in [-0.2, -0.15) is 0 Å². The third kappa shape index (κ3) is 3.02. The van der Waals surface area contributed by atoms with Gasteiger partial charge in [-0.3, -0.25) is 4.90 Å². The largest absolute Gasteiger partial charge is 0.497 e. The number of fused-ring (bicyclic) bond motifs is 1. The minimum absolute atomic E-state index is 0.0708. The third-order valence-electron chi connectivity index (χ3n) is 4.58. The van der Waals surface area contributed by atoms with Gasteiger partial charge in [-0.15, -0.1) is 0 Å². The van der Waals surface area contributed by atoms with Crippen LogP contribution in [0.25, 0.3) is 10.9 Å². The summed E-state index contributed by atoms with van der Waals surface area (Å²) >= 11 is 0. The first-order valence-electron chi connectivity index (χ1n) is 8.32. The lowest BCUT2D eigenvalue weighted by molar-refractivity contribution is 0.252. The predicted molar refractivity (Wildman–Crippen MR) is 96.0 cm³/mol. The van der Waals surface area contributed by atoms with Crippen LogP contribution in [0.1, 0.15) is 31.0 Å². The number of nitrogens with one attached hydrogen (secondary N) is 1. The maximum Gasteiger partial charge on any atom is 0.123 e. The minimum Gasteiger partial charge on any atom is -0.497 e. The van der Waals surface area contributed by atoms with Crippen molar-refractivity contribution < 1.29 is 9.13 Å². The quantitative estimate of drug-likeness (QED) is 0.708. The molecule has 0 fully saturated rings. The Kier molecular flexibility index (Phi) is 4.86. The van der Waals surface area contributed by atoms with Crippen LogP contribution in [0.5, 0.6) is 5.75 Å². The highest BCUT2D eigenvalue weighted by Gasteiger charge is 2.23. The number of hydrogen-bond acceptors (Lipinski definition) is 2. The summed E-state index contributed by atoms with van der Waals surface area (Å²) in [7, 11) is 1.68. The zero-order valence-corrected chi connectivity index (χ0v) is 14.3. The van der Waals surface area contributed by atoms with E-state index < -0.39 is 0 Å². The second-order valence-corrected chi connectivity index (χ2v) is 5.83. The summed E-state index contributed by atoms with van der Waals surface area (Å²) in [6.07, 6.45) is 2.05. The monoisotopic (exact) mass is 326 g/mol. The van der Waals surface area contributed by atoms with E-state index >= 15 is 0 Å². The zero-order valence-electron chi connectivity index (χ0n) is 14.3. The van der Waals surface area contributed by atoms with E-state index in [4.69, 9.17) is 4.74 Å². The molecule has 3 aromatic rings. The molecular formula is C20H23FN2O. The molecule has 24 heavy (non-hydrogen) atoms. The Morgan fingerprint density at radius 2 is 1.79 bits per heavy atom. The zero-order chi connectivity index (χ0) is 17.1. The van der Waals surface area contributed by atoms with Gasteiger partial charge in [-0.05, 0) is 54.5 Å². The first-order valence-corrected chi connectivity index (χ1v) is 8.32. The molecule has 0 aliphatic rings. The number of hydrogen-bond donors (Lipinski definition) is 1. The number of benzene rings is 2. The summed E-state index contributed by atoms with van der Waals surface area (Å²) in [5, 5.41) is 1.13. The van der Waals surface area contributed by atoms with Crippen molar-refractivity contribution in [3.8, 4) is 5.75 Å². The van der Waals surface area contributed by atoms with Crippen LogP contribution in [-0.2, 0) is 0 Å². The average molecular weight is 326 g/mol. The molecule has 0 aliphatic heterocycles. The van der Waals surface area contributed by atoms with Gasteiger partial charge in [0.1, 0.15) is 11.6 Å². The first-order chi connectivity index (χ1) is 11.7. The number of H-pyrrole nitrogens is 1. The van der Waals surface area contributed by atoms with E-state index in [2.05, 4.69) is 36.0 Å². The van der Waals surface area contributed by atoms with Crippen molar-refractivity contribution in [1.29, 1.82) is 0 Å². The third-order valence-corrected chi connectivity index (χ3v) is 4.58. The fourth-order valence-corrected chi connectivity index (χ4v) is 3.30. The lowest BCUT2D eigenvalue weighted by atomic mass is 9.96. The highest BCUT2D eigenvalue weighted by Crippen LogP contribution is 2.35. The number of aromatic amines is 1. The Morgan fingerprint density at radius 1 is 1.08 bits per heavy atom. The van der Waals surface area contributed by atoms with E-state index in [0.29, 0.717) is 0 Å². The van der Waals surface area contributed by atoms with Crippen LogP contribution in [0.3, 0.4) is 0 Å². The fraction of sp³-hybridized carbons (Fsp3) is 0.300. The van der Waals surface area contributed by atoms with Crippen LogP contribution in [0, 0.1) is 5.82 Å². The van der Waals surface area contributed by atoms with Gasteiger partial charge in [0.15, 0.2) is 0 Å². The second kappa shape index (κ2) is 7.05. The van der Waals surface area contributed by atoms with Crippen molar-refractivity contribution in [2.24, 2.45) is 0 Å². The molecular weight excluding hydrogens is 303 g/mol. The van der Waals surface area contributed by atoms with E-state index in [-0.39, 0.29) is 11.9 Å². The molecule has 1 atom stereocenters. The molecule has 3 nitrogen and oxygen atoms in total. The Hall–Kier alpha value is -2.33. The minimum atomic E-state index is -0.211. The van der Waals surface area contributed by atoms with Gasteiger partial charge in [0.25, 0.3) is 0 Å². The van der Waals surface area contributed by atoms with E-state index in [1.165, 1.54) is 17.7 Å². The number of aromatic nitrogens is 1. The normalized spacial score (nSPS) is 12.7. The molecule has 126 valence electrons. The molecule has 0 saturated heterocycles. The van der Waals surface area contributed by atoms with Crippen molar-refractivity contribution >= 4 is 10.9 Å². The van der Waals surface area contributed by atoms with Gasteiger partial charge in [-0.25, -0.2) is 4.39 Å². The SMILES string of the molecule is CCN(CC)C(c1ccc(F)cc1)c1c[nH]c2ccc(OC)cc12. The van der Waals surface area contributed by atoms with E-state index in [1.54, 1.807) is 7.11 Å². The Labute approximate surface area is 142 Å². The Bertz CT molecular complexity index is 806. The molecule has 3 rings (SSSR count). The highest BCUT2D eigenvalue weighted by molar-refractivity contribution is 5.85. The van der Waals surface area contributed by atoms with Gasteiger partial charge in [0.2, 0.25) is 0 Å². The summed E-state index contributed by atoms with van der Waals surface area (Å²) in [6, 6.07) is 12.9. The van der Waals surface area contributed by atoms with Gasteiger partial charge < -0.3 is 9.72 Å². The molecule has 0 radical (unpaired) electrons. The van der Waals surface area contributed by atoms with Gasteiger partial charge in [0.05, 0.1) is 13.2 Å². The Balaban J connectivity index is 2.16. The fourth-order valence-electron chi connectivity index (χ4n) is 3.30. The molecule has 0 amide bonds. The molecule has 0 aliphatic carbocycles. The van der Waals surface area contributed by atoms with Crippen LogP contribution in [-0.4, -0.2) is 30.1 Å². The van der Waals surface area contributed by atoms with Crippen LogP contribution in [0.15, 0.2) is 48.7 Å². The molecule has 0 bridgehead atoms. The lowest BCUT2D eigenvalue weighted by Gasteiger charge is -2.30. The highest BCUT2D eigenvalue weighted by atomic mass is 19.1. The van der Waals surface area contributed by atoms with Crippen molar-refractivity contribution in [2.75, 3.05) is 20.2 Å². The molecule has 1 heterocycles. The van der Waals surface area contributed by atoms with Gasteiger partial charge in [-0.1, -0.05) is 26.0 Å². The predicted octanol–water partition coefficient (Wildman–Crippen LogP) is 4.75. The summed E-state index contributed by atoms with van der Waals surface area (Å²) in [4.78, 5) is 5.72.